The molecule has 21 heavy (non-hydrogen) atoms. The van der Waals surface area contributed by atoms with Crippen molar-refractivity contribution in [3.05, 3.63) is 24.8 Å². The number of hydrogen-bond acceptors (Lipinski definition) is 1. The molecule has 2 fully saturated rings. The summed E-state index contributed by atoms with van der Waals surface area (Å²) < 4.78 is 6.64. The smallest absolute Gasteiger partial charge is 0.0812 e. The molecule has 1 nitrogen and oxygen atoms in total. The van der Waals surface area contributed by atoms with Gasteiger partial charge in [-0.1, -0.05) is 39.0 Å². The van der Waals surface area contributed by atoms with E-state index in [1.165, 1.54) is 31.3 Å². The minimum Gasteiger partial charge on any atom is -0.371 e. The standard InChI is InChI=1S/C20H34O/c1-8-19(7,15(2)3)20(13-14-20)21-17-11-9-16(10-12-17)18(4,5)6/h8,16-17H,1-2,9-14H2,3-7H3. The molecule has 0 heterocycles. The van der Waals surface area contributed by atoms with E-state index in [1.54, 1.807) is 0 Å². The normalized spacial score (nSPS) is 31.3. The second-order valence-electron chi connectivity index (χ2n) is 8.64. The fourth-order valence-corrected chi connectivity index (χ4v) is 3.99. The van der Waals surface area contributed by atoms with Crippen molar-refractivity contribution in [3.63, 3.8) is 0 Å². The van der Waals surface area contributed by atoms with Crippen LogP contribution in [0.1, 0.15) is 73.1 Å². The minimum absolute atomic E-state index is 0.0141. The van der Waals surface area contributed by atoms with Crippen LogP contribution in [0.3, 0.4) is 0 Å². The molecule has 2 saturated carbocycles. The van der Waals surface area contributed by atoms with Gasteiger partial charge >= 0.3 is 0 Å². The lowest BCUT2D eigenvalue weighted by Crippen LogP contribution is -2.40. The Morgan fingerprint density at radius 2 is 1.62 bits per heavy atom. The maximum absolute atomic E-state index is 6.64. The van der Waals surface area contributed by atoms with E-state index in [-0.39, 0.29) is 11.0 Å². The Labute approximate surface area is 131 Å². The molecule has 120 valence electrons. The van der Waals surface area contributed by atoms with Gasteiger partial charge in [0.15, 0.2) is 0 Å². The SMILES string of the molecule is C=CC(C)(C(=C)C)C1(OC2CCC(C(C)(C)C)CC2)CC1. The van der Waals surface area contributed by atoms with Gasteiger partial charge in [0.1, 0.15) is 0 Å². The van der Waals surface area contributed by atoms with Crippen molar-refractivity contribution in [1.29, 1.82) is 0 Å². The van der Waals surface area contributed by atoms with Crippen LogP contribution in [0, 0.1) is 16.7 Å². The Morgan fingerprint density at radius 1 is 1.10 bits per heavy atom. The van der Waals surface area contributed by atoms with Crippen molar-refractivity contribution in [2.75, 3.05) is 0 Å². The number of rotatable bonds is 5. The Kier molecular flexibility index (Phi) is 4.46. The first-order chi connectivity index (χ1) is 9.64. The fraction of sp³-hybridized carbons (Fsp3) is 0.800. The highest BCUT2D eigenvalue weighted by atomic mass is 16.5. The van der Waals surface area contributed by atoms with Crippen LogP contribution in [-0.4, -0.2) is 11.7 Å². The quantitative estimate of drug-likeness (QED) is 0.572. The molecule has 0 spiro atoms. The minimum atomic E-state index is -0.0755. The monoisotopic (exact) mass is 290 g/mol. The number of ether oxygens (including phenoxy) is 1. The van der Waals surface area contributed by atoms with Crippen molar-refractivity contribution >= 4 is 0 Å². The largest absolute Gasteiger partial charge is 0.371 e. The highest BCUT2D eigenvalue weighted by Gasteiger charge is 2.58. The first-order valence-corrected chi connectivity index (χ1v) is 8.62. The van der Waals surface area contributed by atoms with E-state index in [0.717, 1.165) is 18.8 Å². The lowest BCUT2D eigenvalue weighted by atomic mass is 9.71. The average molecular weight is 290 g/mol. The molecule has 0 aromatic rings. The second kappa shape index (κ2) is 5.57. The molecule has 0 radical (unpaired) electrons. The van der Waals surface area contributed by atoms with Crippen molar-refractivity contribution in [2.45, 2.75) is 84.8 Å². The first kappa shape index (κ1) is 16.8. The van der Waals surface area contributed by atoms with Gasteiger partial charge in [-0.15, -0.1) is 6.58 Å². The lowest BCUT2D eigenvalue weighted by Gasteiger charge is -2.42. The van der Waals surface area contributed by atoms with Crippen LogP contribution in [0.2, 0.25) is 0 Å². The third-order valence-corrected chi connectivity index (χ3v) is 6.24. The highest BCUT2D eigenvalue weighted by molar-refractivity contribution is 5.27. The van der Waals surface area contributed by atoms with Gasteiger partial charge in [0, 0.05) is 5.41 Å². The van der Waals surface area contributed by atoms with Gasteiger partial charge in [0.05, 0.1) is 11.7 Å². The molecule has 0 saturated heterocycles. The highest BCUT2D eigenvalue weighted by Crippen LogP contribution is 2.58. The van der Waals surface area contributed by atoms with Crippen LogP contribution in [0.25, 0.3) is 0 Å². The zero-order valence-electron chi connectivity index (χ0n) is 14.8. The topological polar surface area (TPSA) is 9.23 Å². The molecule has 2 aliphatic rings. The Morgan fingerprint density at radius 3 is 1.95 bits per heavy atom. The average Bonchev–Trinajstić information content (AvgIpc) is 3.18. The summed E-state index contributed by atoms with van der Waals surface area (Å²) in [6.07, 6.45) is 9.85. The molecule has 1 heteroatoms. The van der Waals surface area contributed by atoms with Gasteiger partial charge in [0.25, 0.3) is 0 Å². The maximum Gasteiger partial charge on any atom is 0.0812 e. The third-order valence-electron chi connectivity index (χ3n) is 6.24. The lowest BCUT2D eigenvalue weighted by molar-refractivity contribution is -0.0929. The van der Waals surface area contributed by atoms with Crippen LogP contribution < -0.4 is 0 Å². The van der Waals surface area contributed by atoms with E-state index in [4.69, 9.17) is 4.74 Å². The first-order valence-electron chi connectivity index (χ1n) is 8.62. The van der Waals surface area contributed by atoms with E-state index in [9.17, 15) is 0 Å². The molecule has 1 atom stereocenters. The van der Waals surface area contributed by atoms with Gasteiger partial charge in [-0.2, -0.15) is 0 Å². The number of hydrogen-bond donors (Lipinski definition) is 0. The molecular formula is C20H34O. The van der Waals surface area contributed by atoms with E-state index in [1.807, 2.05) is 0 Å². The second-order valence-corrected chi connectivity index (χ2v) is 8.64. The zero-order valence-corrected chi connectivity index (χ0v) is 14.8. The summed E-state index contributed by atoms with van der Waals surface area (Å²) in [4.78, 5) is 0. The van der Waals surface area contributed by atoms with Crippen LogP contribution in [-0.2, 0) is 4.74 Å². The van der Waals surface area contributed by atoms with Crippen LogP contribution in [0.4, 0.5) is 0 Å². The van der Waals surface area contributed by atoms with Crippen LogP contribution in [0.15, 0.2) is 24.8 Å². The molecule has 0 aromatic carbocycles. The predicted octanol–water partition coefficient (Wildman–Crippen LogP) is 5.91. The van der Waals surface area contributed by atoms with Crippen molar-refractivity contribution < 1.29 is 4.74 Å². The van der Waals surface area contributed by atoms with Gasteiger partial charge in [-0.25, -0.2) is 0 Å². The Bertz CT molecular complexity index is 402. The fourth-order valence-electron chi connectivity index (χ4n) is 3.99. The van der Waals surface area contributed by atoms with E-state index in [0.29, 0.717) is 11.5 Å². The molecule has 0 amide bonds. The summed E-state index contributed by atoms with van der Waals surface area (Å²) in [6.45, 7) is 19.7. The van der Waals surface area contributed by atoms with Crippen molar-refractivity contribution in [1.82, 2.24) is 0 Å². The summed E-state index contributed by atoms with van der Waals surface area (Å²) in [7, 11) is 0. The van der Waals surface area contributed by atoms with Gasteiger partial charge in [0.2, 0.25) is 0 Å². The van der Waals surface area contributed by atoms with E-state index in [2.05, 4.69) is 53.9 Å². The van der Waals surface area contributed by atoms with Gasteiger partial charge in [-0.05, 0) is 63.7 Å². The summed E-state index contributed by atoms with van der Waals surface area (Å²) >= 11 is 0. The summed E-state index contributed by atoms with van der Waals surface area (Å²) in [6, 6.07) is 0. The molecule has 2 aliphatic carbocycles. The molecule has 0 N–H and O–H groups in total. The maximum atomic E-state index is 6.64. The third kappa shape index (κ3) is 3.13. The molecular weight excluding hydrogens is 256 g/mol. The van der Waals surface area contributed by atoms with E-state index >= 15 is 0 Å². The summed E-state index contributed by atoms with van der Waals surface area (Å²) in [5.41, 5.74) is 1.53. The van der Waals surface area contributed by atoms with Gasteiger partial charge < -0.3 is 4.74 Å². The van der Waals surface area contributed by atoms with Crippen LogP contribution >= 0.6 is 0 Å². The molecule has 0 aliphatic heterocycles. The Hall–Kier alpha value is -0.560. The predicted molar refractivity (Wildman–Crippen MR) is 91.4 cm³/mol. The van der Waals surface area contributed by atoms with Crippen molar-refractivity contribution in [3.8, 4) is 0 Å². The van der Waals surface area contributed by atoms with E-state index < -0.39 is 0 Å². The zero-order chi connectivity index (χ0) is 15.9. The molecule has 1 unspecified atom stereocenters. The van der Waals surface area contributed by atoms with Gasteiger partial charge in [-0.3, -0.25) is 0 Å². The van der Waals surface area contributed by atoms with Crippen molar-refractivity contribution in [2.24, 2.45) is 16.7 Å². The van der Waals surface area contributed by atoms with Crippen LogP contribution in [0.5, 0.6) is 0 Å². The summed E-state index contributed by atoms with van der Waals surface area (Å²) in [5, 5.41) is 0. The Balaban J connectivity index is 1.98. The summed E-state index contributed by atoms with van der Waals surface area (Å²) in [5.74, 6) is 0.847. The molecule has 0 aromatic heterocycles. The molecule has 0 bridgehead atoms. The molecule has 2 rings (SSSR count).